The quantitative estimate of drug-likeness (QED) is 0.752. The van der Waals surface area contributed by atoms with Gasteiger partial charge in [0.25, 0.3) is 0 Å². The van der Waals surface area contributed by atoms with E-state index in [1.54, 1.807) is 0 Å². The van der Waals surface area contributed by atoms with Crippen molar-refractivity contribution in [2.45, 2.75) is 38.6 Å². The second kappa shape index (κ2) is 6.97. The monoisotopic (exact) mass is 241 g/mol. The lowest BCUT2D eigenvalue weighted by atomic mass is 10.1. The molecule has 0 aromatic heterocycles. The number of hydrogen-bond acceptors (Lipinski definition) is 3. The van der Waals surface area contributed by atoms with Crippen LogP contribution in [0.1, 0.15) is 32.6 Å². The summed E-state index contributed by atoms with van der Waals surface area (Å²) in [6.45, 7) is 4.77. The van der Waals surface area contributed by atoms with Crippen molar-refractivity contribution in [3.05, 3.63) is 0 Å². The van der Waals surface area contributed by atoms with Gasteiger partial charge in [0.05, 0.1) is 0 Å². The van der Waals surface area contributed by atoms with Crippen molar-refractivity contribution in [2.24, 2.45) is 11.7 Å². The summed E-state index contributed by atoms with van der Waals surface area (Å²) in [7, 11) is 4.08. The molecule has 1 aliphatic carbocycles. The molecule has 1 amide bonds. The molecule has 2 unspecified atom stereocenters. The average Bonchev–Trinajstić information content (AvgIpc) is 2.70. The van der Waals surface area contributed by atoms with Gasteiger partial charge >= 0.3 is 0 Å². The van der Waals surface area contributed by atoms with Crippen LogP contribution in [0.3, 0.4) is 0 Å². The van der Waals surface area contributed by atoms with Crippen molar-refractivity contribution in [3.63, 3.8) is 0 Å². The van der Waals surface area contributed by atoms with E-state index in [1.807, 2.05) is 19.0 Å². The Labute approximate surface area is 105 Å². The molecule has 17 heavy (non-hydrogen) atoms. The van der Waals surface area contributed by atoms with Gasteiger partial charge in [-0.3, -0.25) is 4.79 Å². The Hall–Kier alpha value is -0.610. The van der Waals surface area contributed by atoms with Crippen molar-refractivity contribution in [1.82, 2.24) is 9.80 Å². The Morgan fingerprint density at radius 3 is 2.41 bits per heavy atom. The van der Waals surface area contributed by atoms with Crippen LogP contribution in [-0.2, 0) is 4.79 Å². The fraction of sp³-hybridized carbons (Fsp3) is 0.923. The highest BCUT2D eigenvalue weighted by molar-refractivity contribution is 5.79. The van der Waals surface area contributed by atoms with Gasteiger partial charge in [0.15, 0.2) is 0 Å². The number of rotatable bonds is 6. The van der Waals surface area contributed by atoms with Gasteiger partial charge in [-0.2, -0.15) is 0 Å². The van der Waals surface area contributed by atoms with E-state index in [-0.39, 0.29) is 12.0 Å². The third-order valence-electron chi connectivity index (χ3n) is 3.44. The number of amides is 1. The molecule has 0 bridgehead atoms. The van der Waals surface area contributed by atoms with E-state index in [0.717, 1.165) is 45.3 Å². The fourth-order valence-corrected chi connectivity index (χ4v) is 2.42. The van der Waals surface area contributed by atoms with Gasteiger partial charge in [-0.05, 0) is 39.8 Å². The van der Waals surface area contributed by atoms with Crippen molar-refractivity contribution < 1.29 is 4.79 Å². The van der Waals surface area contributed by atoms with Gasteiger partial charge in [0, 0.05) is 31.6 Å². The lowest BCUT2D eigenvalue weighted by Crippen LogP contribution is -2.40. The Balaban J connectivity index is 2.47. The van der Waals surface area contributed by atoms with E-state index in [1.165, 1.54) is 0 Å². The minimum absolute atomic E-state index is 0.179. The van der Waals surface area contributed by atoms with Gasteiger partial charge in [-0.25, -0.2) is 0 Å². The summed E-state index contributed by atoms with van der Waals surface area (Å²) in [5.74, 6) is 0.500. The number of nitrogens with zero attached hydrogens (tertiary/aromatic N) is 2. The maximum Gasteiger partial charge on any atom is 0.225 e. The Bertz CT molecular complexity index is 243. The SMILES string of the molecule is CCCN(CCN(C)C)C(=O)C1CCC(N)C1. The number of carbonyl (C=O) groups excluding carboxylic acids is 1. The maximum atomic E-state index is 12.3. The van der Waals surface area contributed by atoms with Gasteiger partial charge in [-0.15, -0.1) is 0 Å². The molecule has 2 atom stereocenters. The van der Waals surface area contributed by atoms with Crippen LogP contribution in [0.2, 0.25) is 0 Å². The molecule has 1 rings (SSSR count). The zero-order valence-electron chi connectivity index (χ0n) is 11.5. The largest absolute Gasteiger partial charge is 0.341 e. The van der Waals surface area contributed by atoms with E-state index in [2.05, 4.69) is 11.8 Å². The summed E-state index contributed by atoms with van der Waals surface area (Å²) < 4.78 is 0. The fourth-order valence-electron chi connectivity index (χ4n) is 2.42. The highest BCUT2D eigenvalue weighted by atomic mass is 16.2. The Kier molecular flexibility index (Phi) is 5.92. The predicted octanol–water partition coefficient (Wildman–Crippen LogP) is 0.914. The van der Waals surface area contributed by atoms with Crippen LogP contribution in [-0.4, -0.2) is 55.5 Å². The molecular formula is C13H27N3O. The van der Waals surface area contributed by atoms with Gasteiger partial charge in [-0.1, -0.05) is 6.92 Å². The maximum absolute atomic E-state index is 12.3. The van der Waals surface area contributed by atoms with Gasteiger partial charge in [0.2, 0.25) is 5.91 Å². The van der Waals surface area contributed by atoms with E-state index in [0.29, 0.717) is 5.91 Å². The first-order chi connectivity index (χ1) is 8.04. The summed E-state index contributed by atoms with van der Waals surface area (Å²) in [6.07, 6.45) is 3.88. The summed E-state index contributed by atoms with van der Waals surface area (Å²) in [6, 6.07) is 0.237. The van der Waals surface area contributed by atoms with E-state index in [4.69, 9.17) is 5.73 Å². The molecule has 4 nitrogen and oxygen atoms in total. The van der Waals surface area contributed by atoms with Crippen LogP contribution in [0.4, 0.5) is 0 Å². The lowest BCUT2D eigenvalue weighted by molar-refractivity contribution is -0.135. The van der Waals surface area contributed by atoms with Crippen molar-refractivity contribution in [3.8, 4) is 0 Å². The second-order valence-corrected chi connectivity index (χ2v) is 5.40. The molecule has 0 radical (unpaired) electrons. The minimum atomic E-state index is 0.179. The van der Waals surface area contributed by atoms with Crippen LogP contribution in [0.25, 0.3) is 0 Å². The van der Waals surface area contributed by atoms with Gasteiger partial charge in [0.1, 0.15) is 0 Å². The molecule has 1 aliphatic rings. The summed E-state index contributed by atoms with van der Waals surface area (Å²) >= 11 is 0. The van der Waals surface area contributed by atoms with Crippen molar-refractivity contribution in [2.75, 3.05) is 33.7 Å². The van der Waals surface area contributed by atoms with E-state index in [9.17, 15) is 4.79 Å². The van der Waals surface area contributed by atoms with E-state index < -0.39 is 0 Å². The number of nitrogens with two attached hydrogens (primary N) is 1. The first kappa shape index (κ1) is 14.5. The smallest absolute Gasteiger partial charge is 0.225 e. The number of likely N-dealkylation sites (N-methyl/N-ethyl adjacent to an activating group) is 1. The molecule has 1 saturated carbocycles. The van der Waals surface area contributed by atoms with Crippen LogP contribution >= 0.6 is 0 Å². The molecule has 100 valence electrons. The molecule has 1 fully saturated rings. The highest BCUT2D eigenvalue weighted by Gasteiger charge is 2.30. The molecule has 0 heterocycles. The Morgan fingerprint density at radius 2 is 1.94 bits per heavy atom. The van der Waals surface area contributed by atoms with E-state index >= 15 is 0 Å². The summed E-state index contributed by atoms with van der Waals surface area (Å²) in [5.41, 5.74) is 5.88. The first-order valence-electron chi connectivity index (χ1n) is 6.73. The van der Waals surface area contributed by atoms with Crippen LogP contribution in [0, 0.1) is 5.92 Å². The lowest BCUT2D eigenvalue weighted by Gasteiger charge is -2.26. The highest BCUT2D eigenvalue weighted by Crippen LogP contribution is 2.26. The Morgan fingerprint density at radius 1 is 1.24 bits per heavy atom. The van der Waals surface area contributed by atoms with Crippen LogP contribution in [0.15, 0.2) is 0 Å². The molecule has 0 aliphatic heterocycles. The van der Waals surface area contributed by atoms with Gasteiger partial charge < -0.3 is 15.5 Å². The topological polar surface area (TPSA) is 49.6 Å². The zero-order chi connectivity index (χ0) is 12.8. The number of hydrogen-bond donors (Lipinski definition) is 1. The second-order valence-electron chi connectivity index (χ2n) is 5.40. The number of carbonyl (C=O) groups is 1. The van der Waals surface area contributed by atoms with Crippen molar-refractivity contribution in [1.29, 1.82) is 0 Å². The zero-order valence-corrected chi connectivity index (χ0v) is 11.5. The standard InChI is InChI=1S/C13H27N3O/c1-4-7-16(9-8-15(2)3)13(17)11-5-6-12(14)10-11/h11-12H,4-10,14H2,1-3H3. The third-order valence-corrected chi connectivity index (χ3v) is 3.44. The van der Waals surface area contributed by atoms with Crippen LogP contribution < -0.4 is 5.73 Å². The molecular weight excluding hydrogens is 214 g/mol. The molecule has 0 aromatic rings. The normalized spacial score (nSPS) is 24.3. The average molecular weight is 241 g/mol. The summed E-state index contributed by atoms with van der Waals surface area (Å²) in [5, 5.41) is 0. The minimum Gasteiger partial charge on any atom is -0.341 e. The molecule has 0 aromatic carbocycles. The molecule has 0 saturated heterocycles. The van der Waals surface area contributed by atoms with Crippen LogP contribution in [0.5, 0.6) is 0 Å². The van der Waals surface area contributed by atoms with Crippen molar-refractivity contribution >= 4 is 5.91 Å². The molecule has 0 spiro atoms. The molecule has 2 N–H and O–H groups in total. The first-order valence-corrected chi connectivity index (χ1v) is 6.73. The summed E-state index contributed by atoms with van der Waals surface area (Å²) in [4.78, 5) is 16.5. The third kappa shape index (κ3) is 4.64. The molecule has 4 heteroatoms. The predicted molar refractivity (Wildman–Crippen MR) is 70.7 cm³/mol.